The van der Waals surface area contributed by atoms with Crippen LogP contribution in [-0.4, -0.2) is 6.04 Å². The average Bonchev–Trinajstić information content (AvgIpc) is 3.40. The van der Waals surface area contributed by atoms with Gasteiger partial charge >= 0.3 is 0 Å². The van der Waals surface area contributed by atoms with E-state index < -0.39 is 0 Å². The van der Waals surface area contributed by atoms with Gasteiger partial charge in [-0.25, -0.2) is 0 Å². The molecule has 0 saturated heterocycles. The van der Waals surface area contributed by atoms with E-state index in [1.807, 2.05) is 11.3 Å². The van der Waals surface area contributed by atoms with Gasteiger partial charge in [0.2, 0.25) is 0 Å². The van der Waals surface area contributed by atoms with Crippen LogP contribution in [0.1, 0.15) is 48.8 Å². The fraction of sp³-hybridized carbons (Fsp3) is 0.259. The van der Waals surface area contributed by atoms with Gasteiger partial charge in [-0.1, -0.05) is 49.4 Å². The summed E-state index contributed by atoms with van der Waals surface area (Å²) in [7, 11) is 0. The van der Waals surface area contributed by atoms with E-state index in [4.69, 9.17) is 0 Å². The molecule has 2 atom stereocenters. The van der Waals surface area contributed by atoms with E-state index in [9.17, 15) is 0 Å². The largest absolute Gasteiger partial charge is 0.381 e. The molecule has 0 bridgehead atoms. The highest BCUT2D eigenvalue weighted by molar-refractivity contribution is 7.20. The molecule has 6 rings (SSSR count). The molecule has 2 aliphatic carbocycles. The number of thiophene rings is 1. The average molecular weight is 396 g/mol. The maximum absolute atomic E-state index is 3.83. The van der Waals surface area contributed by atoms with Crippen molar-refractivity contribution in [1.29, 1.82) is 0 Å². The quantitative estimate of drug-likeness (QED) is 0.472. The van der Waals surface area contributed by atoms with Crippen molar-refractivity contribution < 1.29 is 0 Å². The summed E-state index contributed by atoms with van der Waals surface area (Å²) in [5, 5.41) is 5.24. The maximum Gasteiger partial charge on any atom is 0.0452 e. The summed E-state index contributed by atoms with van der Waals surface area (Å²) in [4.78, 5) is 1.41. The molecule has 3 aliphatic rings. The molecule has 0 amide bonds. The first-order valence-electron chi connectivity index (χ1n) is 10.7. The standard InChI is InChI=1S/C27H25NS/c1-4-18-14-17-8-7-10-21(27(17)28-18)24-15(2)16(3)25-20(24)12-13-23-26(25)19-9-5-6-11-22(19)29-23/h5-13,18,20,28H,4,14H2,1-3H3. The van der Waals surface area contributed by atoms with Crippen molar-refractivity contribution in [1.82, 2.24) is 0 Å². The summed E-state index contributed by atoms with van der Waals surface area (Å²) in [6.45, 7) is 6.93. The van der Waals surface area contributed by atoms with Crippen molar-refractivity contribution in [2.45, 2.75) is 39.7 Å². The molecule has 2 heteroatoms. The van der Waals surface area contributed by atoms with Crippen molar-refractivity contribution in [2.75, 3.05) is 5.32 Å². The molecule has 1 aromatic heterocycles. The summed E-state index contributed by atoms with van der Waals surface area (Å²) in [6.07, 6.45) is 7.12. The van der Waals surface area contributed by atoms with E-state index in [0.29, 0.717) is 12.0 Å². The molecule has 2 aromatic carbocycles. The number of nitrogens with one attached hydrogen (secondary N) is 1. The van der Waals surface area contributed by atoms with E-state index in [1.165, 1.54) is 66.1 Å². The zero-order valence-corrected chi connectivity index (χ0v) is 18.0. The van der Waals surface area contributed by atoms with E-state index >= 15 is 0 Å². The van der Waals surface area contributed by atoms with Crippen LogP contribution in [0.5, 0.6) is 0 Å². The van der Waals surface area contributed by atoms with Gasteiger partial charge in [0.25, 0.3) is 0 Å². The van der Waals surface area contributed by atoms with Crippen LogP contribution in [0.4, 0.5) is 5.69 Å². The number of benzene rings is 2. The molecule has 29 heavy (non-hydrogen) atoms. The topological polar surface area (TPSA) is 12.0 Å². The minimum absolute atomic E-state index is 0.356. The lowest BCUT2D eigenvalue weighted by Crippen LogP contribution is -2.14. The zero-order valence-electron chi connectivity index (χ0n) is 17.2. The van der Waals surface area contributed by atoms with Gasteiger partial charge < -0.3 is 5.32 Å². The number of anilines is 1. The van der Waals surface area contributed by atoms with Crippen LogP contribution in [0.15, 0.2) is 59.7 Å². The van der Waals surface area contributed by atoms with Gasteiger partial charge in [0, 0.05) is 43.7 Å². The number of rotatable bonds is 2. The van der Waals surface area contributed by atoms with Gasteiger partial charge in [0.1, 0.15) is 0 Å². The van der Waals surface area contributed by atoms with Gasteiger partial charge in [0.05, 0.1) is 0 Å². The lowest BCUT2D eigenvalue weighted by Gasteiger charge is -2.23. The molecule has 144 valence electrons. The molecule has 0 radical (unpaired) electrons. The maximum atomic E-state index is 3.83. The molecular formula is C27H25NS. The van der Waals surface area contributed by atoms with E-state index in [1.54, 1.807) is 0 Å². The minimum Gasteiger partial charge on any atom is -0.381 e. The molecule has 0 saturated carbocycles. The van der Waals surface area contributed by atoms with Crippen LogP contribution in [-0.2, 0) is 6.42 Å². The lowest BCUT2D eigenvalue weighted by molar-refractivity contribution is 0.723. The van der Waals surface area contributed by atoms with Gasteiger partial charge in [0.15, 0.2) is 0 Å². The first-order valence-corrected chi connectivity index (χ1v) is 11.5. The number of hydrogen-bond donors (Lipinski definition) is 1. The number of fused-ring (bicyclic) bond motifs is 6. The Bertz CT molecular complexity index is 1270. The molecule has 1 nitrogen and oxygen atoms in total. The van der Waals surface area contributed by atoms with Crippen molar-refractivity contribution in [3.05, 3.63) is 81.3 Å². The number of allylic oxidation sites excluding steroid dienone is 5. The summed E-state index contributed by atoms with van der Waals surface area (Å²) >= 11 is 1.92. The Kier molecular flexibility index (Phi) is 3.70. The Morgan fingerprint density at radius 3 is 2.69 bits per heavy atom. The van der Waals surface area contributed by atoms with Crippen LogP contribution >= 0.6 is 11.3 Å². The normalized spacial score (nSPS) is 22.2. The van der Waals surface area contributed by atoms with E-state index in [2.05, 4.69) is 80.7 Å². The van der Waals surface area contributed by atoms with E-state index in [0.717, 1.165) is 6.42 Å². The summed E-state index contributed by atoms with van der Waals surface area (Å²) < 4.78 is 1.39. The fourth-order valence-electron chi connectivity index (χ4n) is 5.50. The highest BCUT2D eigenvalue weighted by atomic mass is 32.1. The Morgan fingerprint density at radius 2 is 1.83 bits per heavy atom. The Balaban J connectivity index is 1.53. The van der Waals surface area contributed by atoms with Gasteiger partial charge in [-0.2, -0.15) is 0 Å². The van der Waals surface area contributed by atoms with Crippen LogP contribution in [0, 0.1) is 5.92 Å². The van der Waals surface area contributed by atoms with Gasteiger partial charge in [-0.15, -0.1) is 11.3 Å². The van der Waals surface area contributed by atoms with Gasteiger partial charge in [-0.05, 0) is 66.7 Å². The molecule has 0 spiro atoms. The van der Waals surface area contributed by atoms with E-state index in [-0.39, 0.29) is 0 Å². The molecule has 1 N–H and O–H groups in total. The van der Waals surface area contributed by atoms with Crippen LogP contribution in [0.2, 0.25) is 0 Å². The monoisotopic (exact) mass is 395 g/mol. The zero-order chi connectivity index (χ0) is 19.7. The van der Waals surface area contributed by atoms with Crippen LogP contribution < -0.4 is 5.32 Å². The highest BCUT2D eigenvalue weighted by Gasteiger charge is 2.36. The van der Waals surface area contributed by atoms with Crippen molar-refractivity contribution >= 4 is 44.3 Å². The lowest BCUT2D eigenvalue weighted by atomic mass is 9.81. The predicted molar refractivity (Wildman–Crippen MR) is 127 cm³/mol. The summed E-state index contributed by atoms with van der Waals surface area (Å²) in [5.41, 5.74) is 11.7. The SMILES string of the molecule is CCC1Cc2cccc(C3=C(C)C(C)=C4c5c(sc6ccccc56)C=CC34)c2N1. The van der Waals surface area contributed by atoms with Crippen molar-refractivity contribution in [2.24, 2.45) is 5.92 Å². The van der Waals surface area contributed by atoms with Crippen molar-refractivity contribution in [3.8, 4) is 0 Å². The Morgan fingerprint density at radius 1 is 1.00 bits per heavy atom. The Hall–Kier alpha value is -2.58. The predicted octanol–water partition coefficient (Wildman–Crippen LogP) is 7.55. The first-order chi connectivity index (χ1) is 14.2. The second-order valence-corrected chi connectivity index (χ2v) is 9.63. The summed E-state index contributed by atoms with van der Waals surface area (Å²) in [5.74, 6) is 0.356. The van der Waals surface area contributed by atoms with Gasteiger partial charge in [-0.3, -0.25) is 0 Å². The molecule has 2 heterocycles. The molecule has 0 fully saturated rings. The number of hydrogen-bond acceptors (Lipinski definition) is 2. The third-order valence-electron chi connectivity index (χ3n) is 7.07. The third-order valence-corrected chi connectivity index (χ3v) is 8.21. The Labute approximate surface area is 176 Å². The highest BCUT2D eigenvalue weighted by Crippen LogP contribution is 2.55. The molecule has 2 unspecified atom stereocenters. The summed E-state index contributed by atoms with van der Waals surface area (Å²) in [6, 6.07) is 16.3. The fourth-order valence-corrected chi connectivity index (χ4v) is 6.63. The smallest absolute Gasteiger partial charge is 0.0452 e. The molecule has 1 aliphatic heterocycles. The second-order valence-electron chi connectivity index (χ2n) is 8.54. The first kappa shape index (κ1) is 17.3. The molecule has 3 aromatic rings. The number of para-hydroxylation sites is 1. The van der Waals surface area contributed by atoms with Crippen molar-refractivity contribution in [3.63, 3.8) is 0 Å². The second kappa shape index (κ2) is 6.21. The third kappa shape index (κ3) is 2.33. The van der Waals surface area contributed by atoms with Crippen LogP contribution in [0.25, 0.3) is 27.3 Å². The molecular weight excluding hydrogens is 370 g/mol. The minimum atomic E-state index is 0.356. The van der Waals surface area contributed by atoms with Crippen LogP contribution in [0.3, 0.4) is 0 Å².